The lowest BCUT2D eigenvalue weighted by atomic mass is 10.3. The van der Waals surface area contributed by atoms with Crippen molar-refractivity contribution in [2.24, 2.45) is 5.73 Å². The summed E-state index contributed by atoms with van der Waals surface area (Å²) in [5.41, 5.74) is 5.43. The number of hydrogen-bond acceptors (Lipinski definition) is 8. The second-order valence-corrected chi connectivity index (χ2v) is 12.2. The van der Waals surface area contributed by atoms with Crippen molar-refractivity contribution in [3.05, 3.63) is 42.5 Å². The highest BCUT2D eigenvalue weighted by atomic mass is 32.3. The molecule has 0 saturated heterocycles. The van der Waals surface area contributed by atoms with Crippen molar-refractivity contribution in [2.45, 2.75) is 39.0 Å². The molecule has 5 N–H and O–H groups in total. The van der Waals surface area contributed by atoms with Crippen LogP contribution < -0.4 is 21.1 Å². The zero-order valence-electron chi connectivity index (χ0n) is 17.5. The number of hydrogen-bond donors (Lipinski definition) is 4. The van der Waals surface area contributed by atoms with Crippen LogP contribution in [0.4, 0.5) is 0 Å². The van der Waals surface area contributed by atoms with Crippen molar-refractivity contribution in [1.82, 2.24) is 15.4 Å². The zero-order chi connectivity index (χ0) is 22.6. The predicted molar refractivity (Wildman–Crippen MR) is 125 cm³/mol. The van der Waals surface area contributed by atoms with Gasteiger partial charge in [-0.2, -0.15) is 0 Å². The summed E-state index contributed by atoms with van der Waals surface area (Å²) in [6.45, 7) is 4.52. The van der Waals surface area contributed by atoms with E-state index in [1.807, 2.05) is 0 Å². The van der Waals surface area contributed by atoms with Crippen molar-refractivity contribution in [3.63, 3.8) is 0 Å². The molecule has 2 aromatic rings. The third-order valence-corrected chi connectivity index (χ3v) is 9.78. The zero-order valence-corrected chi connectivity index (χ0v) is 20.0. The molecule has 1 aromatic carbocycles. The molecule has 31 heavy (non-hydrogen) atoms. The maximum absolute atomic E-state index is 12.6. The molecule has 1 heterocycles. The quantitative estimate of drug-likeness (QED) is 0.264. The second-order valence-electron chi connectivity index (χ2n) is 6.99. The van der Waals surface area contributed by atoms with Crippen LogP contribution in [0, 0.1) is 0 Å². The van der Waals surface area contributed by atoms with Crippen LogP contribution in [0.1, 0.15) is 25.7 Å². The third kappa shape index (κ3) is 8.60. The Morgan fingerprint density at radius 2 is 1.29 bits per heavy atom. The van der Waals surface area contributed by atoms with Gasteiger partial charge in [0, 0.05) is 6.54 Å². The lowest BCUT2D eigenvalue weighted by Crippen LogP contribution is -2.27. The Hall–Kier alpha value is -1.34. The molecule has 11 heteroatoms. The molecule has 8 nitrogen and oxygen atoms in total. The standard InChI is InChI=1S/C20H32N4O4S3/c21-12-6-15-22-13-4-5-14-23-16-7-17-24-31(27,28)20-11-10-19(29-20)30(25,26)18-8-2-1-3-9-18/h1-3,8-11,22-24H,4-7,12-17,21H2. The van der Waals surface area contributed by atoms with E-state index in [1.165, 1.54) is 24.3 Å². The molecule has 0 aliphatic carbocycles. The van der Waals surface area contributed by atoms with Crippen molar-refractivity contribution < 1.29 is 16.8 Å². The molecule has 0 aliphatic heterocycles. The van der Waals surface area contributed by atoms with Gasteiger partial charge >= 0.3 is 0 Å². The van der Waals surface area contributed by atoms with Crippen molar-refractivity contribution in [2.75, 3.05) is 39.3 Å². The fourth-order valence-electron chi connectivity index (χ4n) is 2.78. The monoisotopic (exact) mass is 488 g/mol. The van der Waals surface area contributed by atoms with Crippen LogP contribution in [0.3, 0.4) is 0 Å². The molecule has 0 fully saturated rings. The molecule has 0 radical (unpaired) electrons. The summed E-state index contributed by atoms with van der Waals surface area (Å²) in [6, 6.07) is 10.7. The molecule has 1 aromatic heterocycles. The Bertz CT molecular complexity index is 977. The summed E-state index contributed by atoms with van der Waals surface area (Å²) in [5.74, 6) is 0. The Balaban J connectivity index is 1.69. The summed E-state index contributed by atoms with van der Waals surface area (Å²) < 4.78 is 52.7. The minimum Gasteiger partial charge on any atom is -0.330 e. The minimum absolute atomic E-state index is 0.00268. The Kier molecular flexibility index (Phi) is 11.1. The average Bonchev–Trinajstić information content (AvgIpc) is 3.27. The van der Waals surface area contributed by atoms with Crippen LogP contribution in [0.25, 0.3) is 0 Å². The Labute approximate surface area is 189 Å². The van der Waals surface area contributed by atoms with E-state index < -0.39 is 19.9 Å². The van der Waals surface area contributed by atoms with Gasteiger partial charge in [0.1, 0.15) is 8.42 Å². The summed E-state index contributed by atoms with van der Waals surface area (Å²) in [5, 5.41) is 6.63. The minimum atomic E-state index is -3.74. The largest absolute Gasteiger partial charge is 0.330 e. The smallest absolute Gasteiger partial charge is 0.250 e. The average molecular weight is 489 g/mol. The summed E-state index contributed by atoms with van der Waals surface area (Å²) in [7, 11) is -7.45. The van der Waals surface area contributed by atoms with E-state index in [0.717, 1.165) is 50.2 Å². The van der Waals surface area contributed by atoms with Crippen LogP contribution in [0.5, 0.6) is 0 Å². The highest BCUT2D eigenvalue weighted by Crippen LogP contribution is 2.29. The first-order chi connectivity index (χ1) is 14.9. The van der Waals surface area contributed by atoms with Gasteiger partial charge in [-0.15, -0.1) is 11.3 Å². The van der Waals surface area contributed by atoms with Gasteiger partial charge in [-0.3, -0.25) is 0 Å². The van der Waals surface area contributed by atoms with Gasteiger partial charge in [0.2, 0.25) is 19.9 Å². The van der Waals surface area contributed by atoms with Gasteiger partial charge in [-0.05, 0) is 82.7 Å². The summed E-state index contributed by atoms with van der Waals surface area (Å²) in [4.78, 5) is 0.145. The lowest BCUT2D eigenvalue weighted by Gasteiger charge is -2.07. The number of unbranched alkanes of at least 4 members (excludes halogenated alkanes) is 1. The molecular formula is C20H32N4O4S3. The van der Waals surface area contributed by atoms with E-state index in [0.29, 0.717) is 19.5 Å². The Morgan fingerprint density at radius 3 is 1.94 bits per heavy atom. The molecule has 0 spiro atoms. The van der Waals surface area contributed by atoms with Crippen LogP contribution in [-0.2, 0) is 19.9 Å². The van der Waals surface area contributed by atoms with Gasteiger partial charge in [-0.1, -0.05) is 18.2 Å². The molecule has 0 saturated carbocycles. The molecule has 0 atom stereocenters. The second kappa shape index (κ2) is 13.3. The van der Waals surface area contributed by atoms with Gasteiger partial charge in [-0.25, -0.2) is 21.6 Å². The fourth-order valence-corrected chi connectivity index (χ4v) is 7.08. The van der Waals surface area contributed by atoms with Gasteiger partial charge < -0.3 is 16.4 Å². The summed E-state index contributed by atoms with van der Waals surface area (Å²) in [6.07, 6.45) is 3.77. The number of thiophene rings is 1. The van der Waals surface area contributed by atoms with E-state index in [4.69, 9.17) is 5.73 Å². The van der Waals surface area contributed by atoms with E-state index in [-0.39, 0.29) is 19.9 Å². The molecular weight excluding hydrogens is 456 g/mol. The maximum atomic E-state index is 12.6. The number of benzene rings is 1. The van der Waals surface area contributed by atoms with E-state index in [1.54, 1.807) is 18.2 Å². The number of rotatable bonds is 16. The number of nitrogens with two attached hydrogens (primary N) is 1. The number of sulfone groups is 1. The first kappa shape index (κ1) is 25.9. The van der Waals surface area contributed by atoms with Gasteiger partial charge in [0.05, 0.1) is 4.90 Å². The molecule has 0 unspecified atom stereocenters. The van der Waals surface area contributed by atoms with Crippen LogP contribution >= 0.6 is 11.3 Å². The van der Waals surface area contributed by atoms with Crippen LogP contribution in [0.15, 0.2) is 55.8 Å². The SMILES string of the molecule is NCCCNCCCCNCCCNS(=O)(=O)c1ccc(S(=O)(=O)c2ccccc2)s1. The van der Waals surface area contributed by atoms with Gasteiger partial charge in [0.15, 0.2) is 0 Å². The molecule has 0 amide bonds. The van der Waals surface area contributed by atoms with E-state index in [2.05, 4.69) is 15.4 Å². The molecule has 2 rings (SSSR count). The highest BCUT2D eigenvalue weighted by Gasteiger charge is 2.23. The topological polar surface area (TPSA) is 130 Å². The van der Waals surface area contributed by atoms with Crippen molar-refractivity contribution in [1.29, 1.82) is 0 Å². The molecule has 0 aliphatic rings. The maximum Gasteiger partial charge on any atom is 0.250 e. The van der Waals surface area contributed by atoms with Gasteiger partial charge in [0.25, 0.3) is 0 Å². The van der Waals surface area contributed by atoms with E-state index >= 15 is 0 Å². The lowest BCUT2D eigenvalue weighted by molar-refractivity contribution is 0.559. The van der Waals surface area contributed by atoms with Crippen molar-refractivity contribution >= 4 is 31.2 Å². The Morgan fingerprint density at radius 1 is 0.710 bits per heavy atom. The molecule has 0 bridgehead atoms. The fraction of sp³-hybridized carbons (Fsp3) is 0.500. The third-order valence-electron chi connectivity index (χ3n) is 4.48. The normalized spacial score (nSPS) is 12.3. The first-order valence-electron chi connectivity index (χ1n) is 10.4. The number of sulfonamides is 1. The first-order valence-corrected chi connectivity index (χ1v) is 14.2. The van der Waals surface area contributed by atoms with Crippen LogP contribution in [-0.4, -0.2) is 56.1 Å². The number of nitrogens with one attached hydrogen (secondary N) is 3. The highest BCUT2D eigenvalue weighted by molar-refractivity contribution is 7.95. The van der Waals surface area contributed by atoms with E-state index in [9.17, 15) is 16.8 Å². The van der Waals surface area contributed by atoms with Crippen molar-refractivity contribution in [3.8, 4) is 0 Å². The van der Waals surface area contributed by atoms with Crippen LogP contribution in [0.2, 0.25) is 0 Å². The predicted octanol–water partition coefficient (Wildman–Crippen LogP) is 1.56. The molecule has 174 valence electrons. The summed E-state index contributed by atoms with van der Waals surface area (Å²) >= 11 is 0.759.